The van der Waals surface area contributed by atoms with E-state index in [1.54, 1.807) is 41.3 Å². The zero-order chi connectivity index (χ0) is 23.4. The largest absolute Gasteiger partial charge is 0.388 e. The Balaban J connectivity index is 1.40. The molecule has 1 heterocycles. The Morgan fingerprint density at radius 3 is 2.03 bits per heavy atom. The molecule has 3 aromatic carbocycles. The maximum absolute atomic E-state index is 13.0. The zero-order valence-corrected chi connectivity index (χ0v) is 19.4. The van der Waals surface area contributed by atoms with Crippen LogP contribution in [0.5, 0.6) is 0 Å². The number of aliphatic hydroxyl groups excluding tert-OH is 1. The second-order valence-corrected chi connectivity index (χ2v) is 10.3. The molecule has 6 nitrogen and oxygen atoms in total. The molecule has 1 amide bonds. The molecule has 1 aliphatic rings. The Morgan fingerprint density at radius 2 is 1.45 bits per heavy atom. The Morgan fingerprint density at radius 1 is 0.909 bits per heavy atom. The summed E-state index contributed by atoms with van der Waals surface area (Å²) in [5, 5.41) is 10.7. The maximum atomic E-state index is 13.0. The second kappa shape index (κ2) is 9.77. The molecule has 0 aliphatic carbocycles. The number of nitrogens with zero attached hydrogens (tertiary/aromatic N) is 2. The third-order valence-corrected chi connectivity index (χ3v) is 8.09. The minimum Gasteiger partial charge on any atom is -0.388 e. The van der Waals surface area contributed by atoms with Crippen LogP contribution >= 0.6 is 0 Å². The van der Waals surface area contributed by atoms with E-state index in [4.69, 9.17) is 0 Å². The minimum absolute atomic E-state index is 0.109. The highest BCUT2D eigenvalue weighted by Gasteiger charge is 2.29. The van der Waals surface area contributed by atoms with Gasteiger partial charge in [0.2, 0.25) is 0 Å². The summed E-state index contributed by atoms with van der Waals surface area (Å²) in [6, 6.07) is 24.6. The van der Waals surface area contributed by atoms with Crippen molar-refractivity contribution in [1.29, 1.82) is 0 Å². The summed E-state index contributed by atoms with van der Waals surface area (Å²) in [7, 11) is -2.21. The summed E-state index contributed by atoms with van der Waals surface area (Å²) in [5.41, 5.74) is 1.93. The maximum Gasteiger partial charge on any atom is 0.264 e. The topological polar surface area (TPSA) is 77.9 Å². The Labute approximate surface area is 195 Å². The summed E-state index contributed by atoms with van der Waals surface area (Å²) in [4.78, 5) is 14.9. The number of piperidine rings is 1. The predicted molar refractivity (Wildman–Crippen MR) is 129 cm³/mol. The highest BCUT2D eigenvalue weighted by Crippen LogP contribution is 2.31. The number of carbonyl (C=O) groups excluding carboxylic acids is 1. The lowest BCUT2D eigenvalue weighted by molar-refractivity contribution is 0.0462. The van der Waals surface area contributed by atoms with Gasteiger partial charge in [0.25, 0.3) is 15.9 Å². The van der Waals surface area contributed by atoms with Gasteiger partial charge in [0.05, 0.1) is 16.7 Å². The summed E-state index contributed by atoms with van der Waals surface area (Å²) < 4.78 is 27.1. The van der Waals surface area contributed by atoms with Crippen LogP contribution in [-0.4, -0.2) is 44.5 Å². The van der Waals surface area contributed by atoms with Crippen LogP contribution in [0.2, 0.25) is 0 Å². The molecular formula is C26H28N2O4S. The first kappa shape index (κ1) is 23.0. The van der Waals surface area contributed by atoms with Gasteiger partial charge < -0.3 is 10.0 Å². The van der Waals surface area contributed by atoms with Crippen molar-refractivity contribution in [1.82, 2.24) is 4.90 Å². The van der Waals surface area contributed by atoms with Gasteiger partial charge in [-0.2, -0.15) is 0 Å². The fraction of sp³-hybridized carbons (Fsp3) is 0.269. The lowest BCUT2D eigenvalue weighted by Gasteiger charge is -2.34. The first-order valence-electron chi connectivity index (χ1n) is 11.0. The smallest absolute Gasteiger partial charge is 0.264 e. The molecule has 1 aliphatic heterocycles. The minimum atomic E-state index is -3.72. The van der Waals surface area contributed by atoms with Gasteiger partial charge in [-0.3, -0.25) is 9.10 Å². The Kier molecular flexibility index (Phi) is 6.81. The highest BCUT2D eigenvalue weighted by atomic mass is 32.2. The van der Waals surface area contributed by atoms with Crippen LogP contribution in [0.4, 0.5) is 5.69 Å². The fourth-order valence-corrected chi connectivity index (χ4v) is 5.42. The van der Waals surface area contributed by atoms with Gasteiger partial charge in [-0.15, -0.1) is 0 Å². The van der Waals surface area contributed by atoms with Crippen LogP contribution in [-0.2, 0) is 10.0 Å². The van der Waals surface area contributed by atoms with E-state index in [1.807, 2.05) is 36.4 Å². The summed E-state index contributed by atoms with van der Waals surface area (Å²) in [6.07, 6.45) is 0.904. The average molecular weight is 465 g/mol. The molecule has 1 unspecified atom stereocenters. The molecule has 0 saturated carbocycles. The molecule has 1 saturated heterocycles. The number of hydrogen-bond acceptors (Lipinski definition) is 4. The van der Waals surface area contributed by atoms with Gasteiger partial charge in [0, 0.05) is 25.7 Å². The van der Waals surface area contributed by atoms with Gasteiger partial charge >= 0.3 is 0 Å². The number of benzene rings is 3. The number of hydrogen-bond donors (Lipinski definition) is 1. The number of rotatable bonds is 6. The Bertz CT molecular complexity index is 1170. The van der Waals surface area contributed by atoms with Crippen LogP contribution in [0.3, 0.4) is 0 Å². The quantitative estimate of drug-likeness (QED) is 0.596. The number of amides is 1. The molecular weight excluding hydrogens is 436 g/mol. The number of likely N-dealkylation sites (tertiary alicyclic amines) is 1. The van der Waals surface area contributed by atoms with Crippen LogP contribution in [0.25, 0.3) is 0 Å². The molecule has 0 radical (unpaired) electrons. The van der Waals surface area contributed by atoms with Crippen LogP contribution < -0.4 is 4.31 Å². The van der Waals surface area contributed by atoms with Crippen molar-refractivity contribution in [2.45, 2.75) is 23.8 Å². The van der Waals surface area contributed by atoms with Gasteiger partial charge in [-0.25, -0.2) is 8.42 Å². The third kappa shape index (κ3) is 4.94. The van der Waals surface area contributed by atoms with Gasteiger partial charge in [-0.1, -0.05) is 48.5 Å². The van der Waals surface area contributed by atoms with Crippen molar-refractivity contribution in [3.05, 3.63) is 96.1 Å². The number of carbonyl (C=O) groups is 1. The van der Waals surface area contributed by atoms with Gasteiger partial charge in [0.1, 0.15) is 0 Å². The van der Waals surface area contributed by atoms with Crippen LogP contribution in [0, 0.1) is 5.92 Å². The van der Waals surface area contributed by atoms with E-state index in [-0.39, 0.29) is 16.7 Å². The number of sulfonamides is 1. The third-order valence-electron chi connectivity index (χ3n) is 6.29. The molecule has 1 atom stereocenters. The molecule has 1 fully saturated rings. The SMILES string of the molecule is CN(c1ccccc1)S(=O)(=O)c1ccc(C(=O)N2CCC(C(O)c3ccccc3)CC2)cc1. The lowest BCUT2D eigenvalue weighted by Crippen LogP contribution is -2.39. The Hall–Kier alpha value is -3.16. The van der Waals surface area contributed by atoms with Crippen LogP contribution in [0.1, 0.15) is 34.9 Å². The standard InChI is InChI=1S/C26H28N2O4S/c1-27(23-10-6-3-7-11-23)33(31,32)24-14-12-22(13-15-24)26(30)28-18-16-21(17-19-28)25(29)20-8-4-2-5-9-20/h2-15,21,25,29H,16-19H2,1H3. The van der Waals surface area contributed by atoms with Crippen molar-refractivity contribution in [3.8, 4) is 0 Å². The van der Waals surface area contributed by atoms with Gasteiger partial charge in [-0.05, 0) is 60.7 Å². The average Bonchev–Trinajstić information content (AvgIpc) is 2.88. The van der Waals surface area contributed by atoms with E-state index in [0.29, 0.717) is 24.3 Å². The molecule has 0 spiro atoms. The molecule has 3 aromatic rings. The van der Waals surface area contributed by atoms with E-state index >= 15 is 0 Å². The molecule has 172 valence electrons. The van der Waals surface area contributed by atoms with E-state index in [0.717, 1.165) is 18.4 Å². The molecule has 7 heteroatoms. The van der Waals surface area contributed by atoms with Crippen molar-refractivity contribution >= 4 is 21.6 Å². The summed E-state index contributed by atoms with van der Waals surface area (Å²) in [6.45, 7) is 1.12. The van der Waals surface area contributed by atoms with E-state index in [2.05, 4.69) is 0 Å². The summed E-state index contributed by atoms with van der Waals surface area (Å²) >= 11 is 0. The molecule has 33 heavy (non-hydrogen) atoms. The normalized spacial score (nSPS) is 15.8. The highest BCUT2D eigenvalue weighted by molar-refractivity contribution is 7.92. The van der Waals surface area contributed by atoms with Crippen molar-refractivity contribution < 1.29 is 18.3 Å². The van der Waals surface area contributed by atoms with E-state index < -0.39 is 16.1 Å². The monoisotopic (exact) mass is 464 g/mol. The molecule has 4 rings (SSSR count). The first-order valence-corrected chi connectivity index (χ1v) is 12.5. The number of para-hydroxylation sites is 1. The van der Waals surface area contributed by atoms with E-state index in [9.17, 15) is 18.3 Å². The van der Waals surface area contributed by atoms with Gasteiger partial charge in [0.15, 0.2) is 0 Å². The molecule has 0 bridgehead atoms. The molecule has 1 N–H and O–H groups in total. The fourth-order valence-electron chi connectivity index (χ4n) is 4.23. The van der Waals surface area contributed by atoms with Crippen molar-refractivity contribution in [3.63, 3.8) is 0 Å². The van der Waals surface area contributed by atoms with Crippen LogP contribution in [0.15, 0.2) is 89.8 Å². The second-order valence-electron chi connectivity index (χ2n) is 8.32. The van der Waals surface area contributed by atoms with Crippen molar-refractivity contribution in [2.24, 2.45) is 5.92 Å². The summed E-state index contributed by atoms with van der Waals surface area (Å²) in [5.74, 6) is -0.0134. The number of anilines is 1. The zero-order valence-electron chi connectivity index (χ0n) is 18.5. The van der Waals surface area contributed by atoms with E-state index in [1.165, 1.54) is 23.5 Å². The first-order chi connectivity index (χ1) is 15.9. The predicted octanol–water partition coefficient (Wildman–Crippen LogP) is 4.10. The van der Waals surface area contributed by atoms with Crippen molar-refractivity contribution in [2.75, 3.05) is 24.4 Å². The molecule has 0 aromatic heterocycles. The number of aliphatic hydroxyl groups is 1. The lowest BCUT2D eigenvalue weighted by atomic mass is 9.87.